The Hall–Kier alpha value is -3.07. The minimum atomic E-state index is -4.59. The smallest absolute Gasteiger partial charge is 0.350 e. The third kappa shape index (κ3) is 4.72. The standard InChI is InChI=1S/C23H24F3N5O/c1-15-6-2-3-11-31(15)20(16-12-29-22(30-13-16)23(24,25)26)14-28-21(32)18-7-4-9-19-17(18)8-5-10-27-19/h4-5,7-10,12-13,15,20H,2-3,6,11,14H2,1H3,(H,28,32). The Morgan fingerprint density at radius 1 is 1.16 bits per heavy atom. The van der Waals surface area contributed by atoms with Gasteiger partial charge < -0.3 is 5.32 Å². The normalized spacial score (nSPS) is 18.4. The van der Waals surface area contributed by atoms with Crippen molar-refractivity contribution in [3.63, 3.8) is 0 Å². The van der Waals surface area contributed by atoms with Gasteiger partial charge in [-0.1, -0.05) is 18.6 Å². The van der Waals surface area contributed by atoms with Crippen LogP contribution < -0.4 is 5.32 Å². The molecule has 0 spiro atoms. The zero-order valence-corrected chi connectivity index (χ0v) is 17.6. The highest BCUT2D eigenvalue weighted by Crippen LogP contribution is 2.30. The van der Waals surface area contributed by atoms with E-state index in [1.165, 1.54) is 12.4 Å². The average Bonchev–Trinajstić information content (AvgIpc) is 2.79. The van der Waals surface area contributed by atoms with Gasteiger partial charge in [-0.15, -0.1) is 0 Å². The van der Waals surface area contributed by atoms with Crippen LogP contribution in [0.1, 0.15) is 54.0 Å². The van der Waals surface area contributed by atoms with Gasteiger partial charge in [-0.2, -0.15) is 13.2 Å². The van der Waals surface area contributed by atoms with E-state index in [-0.39, 0.29) is 24.5 Å². The fraction of sp³-hybridized carbons (Fsp3) is 0.391. The van der Waals surface area contributed by atoms with E-state index in [4.69, 9.17) is 0 Å². The molecule has 1 aliphatic heterocycles. The summed E-state index contributed by atoms with van der Waals surface area (Å²) in [7, 11) is 0. The molecule has 2 unspecified atom stereocenters. The van der Waals surface area contributed by atoms with Gasteiger partial charge in [-0.05, 0) is 44.5 Å². The number of likely N-dealkylation sites (tertiary alicyclic amines) is 1. The molecule has 1 amide bonds. The van der Waals surface area contributed by atoms with Gasteiger partial charge in [-0.3, -0.25) is 14.7 Å². The largest absolute Gasteiger partial charge is 0.451 e. The second-order valence-electron chi connectivity index (χ2n) is 8.02. The summed E-state index contributed by atoms with van der Waals surface area (Å²) in [5, 5.41) is 3.71. The number of hydrogen-bond acceptors (Lipinski definition) is 5. The zero-order chi connectivity index (χ0) is 22.7. The minimum Gasteiger partial charge on any atom is -0.350 e. The molecule has 1 aliphatic rings. The number of fused-ring (bicyclic) bond motifs is 1. The summed E-state index contributed by atoms with van der Waals surface area (Å²) in [5.41, 5.74) is 1.77. The average molecular weight is 443 g/mol. The SMILES string of the molecule is CC1CCCCN1C(CNC(=O)c1cccc2ncccc12)c1cnc(C(F)(F)F)nc1. The molecule has 32 heavy (non-hydrogen) atoms. The van der Waals surface area contributed by atoms with E-state index in [9.17, 15) is 18.0 Å². The molecule has 3 heterocycles. The lowest BCUT2D eigenvalue weighted by molar-refractivity contribution is -0.145. The molecule has 1 saturated heterocycles. The summed E-state index contributed by atoms with van der Waals surface area (Å²) >= 11 is 0. The molecule has 0 saturated carbocycles. The van der Waals surface area contributed by atoms with Crippen LogP contribution in [-0.4, -0.2) is 44.9 Å². The number of rotatable bonds is 5. The number of piperidine rings is 1. The Labute approximate surface area is 183 Å². The summed E-state index contributed by atoms with van der Waals surface area (Å²) in [4.78, 5) is 26.6. The number of amides is 1. The lowest BCUT2D eigenvalue weighted by Gasteiger charge is -2.39. The lowest BCUT2D eigenvalue weighted by atomic mass is 9.98. The van der Waals surface area contributed by atoms with Crippen LogP contribution in [-0.2, 0) is 6.18 Å². The van der Waals surface area contributed by atoms with Gasteiger partial charge in [0.05, 0.1) is 11.6 Å². The summed E-state index contributed by atoms with van der Waals surface area (Å²) in [6, 6.07) is 8.86. The fourth-order valence-electron chi connectivity index (χ4n) is 4.25. The van der Waals surface area contributed by atoms with Crippen molar-refractivity contribution in [2.75, 3.05) is 13.1 Å². The monoisotopic (exact) mass is 443 g/mol. The van der Waals surface area contributed by atoms with Gasteiger partial charge in [0.1, 0.15) is 0 Å². The fourth-order valence-corrected chi connectivity index (χ4v) is 4.25. The van der Waals surface area contributed by atoms with Crippen LogP contribution in [0.5, 0.6) is 0 Å². The molecule has 0 bridgehead atoms. The molecule has 1 fully saturated rings. The topological polar surface area (TPSA) is 71.0 Å². The molecule has 2 aromatic heterocycles. The van der Waals surface area contributed by atoms with E-state index in [2.05, 4.69) is 32.1 Å². The lowest BCUT2D eigenvalue weighted by Crippen LogP contribution is -2.45. The van der Waals surface area contributed by atoms with Crippen LogP contribution in [0.2, 0.25) is 0 Å². The number of hydrogen-bond donors (Lipinski definition) is 1. The molecule has 0 radical (unpaired) electrons. The zero-order valence-electron chi connectivity index (χ0n) is 17.6. The molecule has 9 heteroatoms. The number of carbonyl (C=O) groups excluding carboxylic acids is 1. The first-order chi connectivity index (χ1) is 15.3. The minimum absolute atomic E-state index is 0.231. The number of carbonyl (C=O) groups is 1. The van der Waals surface area contributed by atoms with E-state index >= 15 is 0 Å². The van der Waals surface area contributed by atoms with E-state index < -0.39 is 12.0 Å². The number of benzene rings is 1. The van der Waals surface area contributed by atoms with Crippen molar-refractivity contribution in [2.24, 2.45) is 0 Å². The predicted octanol–water partition coefficient (Wildman–Crippen LogP) is 4.39. The molecule has 0 aliphatic carbocycles. The summed E-state index contributed by atoms with van der Waals surface area (Å²) < 4.78 is 38.7. The van der Waals surface area contributed by atoms with Crippen molar-refractivity contribution in [1.82, 2.24) is 25.2 Å². The van der Waals surface area contributed by atoms with E-state index in [0.29, 0.717) is 11.1 Å². The van der Waals surface area contributed by atoms with Crippen LogP contribution in [0.4, 0.5) is 13.2 Å². The maximum atomic E-state index is 13.0. The number of nitrogens with one attached hydrogen (secondary N) is 1. The second kappa shape index (κ2) is 9.20. The number of nitrogens with zero attached hydrogens (tertiary/aromatic N) is 4. The van der Waals surface area contributed by atoms with Crippen molar-refractivity contribution in [2.45, 2.75) is 44.4 Å². The van der Waals surface area contributed by atoms with Gasteiger partial charge in [0.2, 0.25) is 5.82 Å². The Morgan fingerprint density at radius 2 is 1.94 bits per heavy atom. The highest BCUT2D eigenvalue weighted by molar-refractivity contribution is 6.06. The van der Waals surface area contributed by atoms with E-state index in [1.54, 1.807) is 24.4 Å². The van der Waals surface area contributed by atoms with Crippen molar-refractivity contribution >= 4 is 16.8 Å². The van der Waals surface area contributed by atoms with Gasteiger partial charge in [0.25, 0.3) is 5.91 Å². The highest BCUT2D eigenvalue weighted by atomic mass is 19.4. The summed E-state index contributed by atoms with van der Waals surface area (Å²) in [5.74, 6) is -1.43. The molecule has 1 N–H and O–H groups in total. The molecule has 6 nitrogen and oxygen atoms in total. The van der Waals surface area contributed by atoms with Crippen LogP contribution >= 0.6 is 0 Å². The first-order valence-corrected chi connectivity index (χ1v) is 10.6. The third-order valence-corrected chi connectivity index (χ3v) is 5.91. The Morgan fingerprint density at radius 3 is 2.66 bits per heavy atom. The first-order valence-electron chi connectivity index (χ1n) is 10.6. The van der Waals surface area contributed by atoms with Gasteiger partial charge in [0, 0.05) is 47.7 Å². The van der Waals surface area contributed by atoms with E-state index in [1.807, 2.05) is 12.1 Å². The Kier molecular flexibility index (Phi) is 6.36. The van der Waals surface area contributed by atoms with Gasteiger partial charge in [-0.25, -0.2) is 9.97 Å². The van der Waals surface area contributed by atoms with Crippen molar-refractivity contribution in [3.05, 3.63) is 65.9 Å². The molecule has 3 aromatic rings. The quantitative estimate of drug-likeness (QED) is 0.633. The molecule has 168 valence electrons. The summed E-state index contributed by atoms with van der Waals surface area (Å²) in [6.07, 6.45) is 2.59. The van der Waals surface area contributed by atoms with Crippen LogP contribution in [0, 0.1) is 0 Å². The van der Waals surface area contributed by atoms with Gasteiger partial charge >= 0.3 is 6.18 Å². The summed E-state index contributed by atoms with van der Waals surface area (Å²) in [6.45, 7) is 3.12. The highest BCUT2D eigenvalue weighted by Gasteiger charge is 2.35. The maximum absolute atomic E-state index is 13.0. The van der Waals surface area contributed by atoms with Crippen LogP contribution in [0.3, 0.4) is 0 Å². The maximum Gasteiger partial charge on any atom is 0.451 e. The molecule has 2 atom stereocenters. The Balaban J connectivity index is 1.58. The molecule has 1 aromatic carbocycles. The van der Waals surface area contributed by atoms with Crippen molar-refractivity contribution < 1.29 is 18.0 Å². The Bertz CT molecular complexity index is 1080. The predicted molar refractivity (Wildman–Crippen MR) is 114 cm³/mol. The van der Waals surface area contributed by atoms with Crippen LogP contribution in [0.25, 0.3) is 10.9 Å². The van der Waals surface area contributed by atoms with Crippen molar-refractivity contribution in [3.8, 4) is 0 Å². The second-order valence-corrected chi connectivity index (χ2v) is 8.02. The first kappa shape index (κ1) is 22.1. The van der Waals surface area contributed by atoms with Crippen molar-refractivity contribution in [1.29, 1.82) is 0 Å². The molecular formula is C23H24F3N5O. The number of alkyl halides is 3. The van der Waals surface area contributed by atoms with E-state index in [0.717, 1.165) is 36.7 Å². The number of pyridine rings is 1. The number of aromatic nitrogens is 3. The molecule has 4 rings (SSSR count). The van der Waals surface area contributed by atoms with Crippen LogP contribution in [0.15, 0.2) is 48.9 Å². The number of halogens is 3. The van der Waals surface area contributed by atoms with Gasteiger partial charge in [0.15, 0.2) is 0 Å². The molecular weight excluding hydrogens is 419 g/mol. The third-order valence-electron chi connectivity index (χ3n) is 5.91.